The molecule has 3 unspecified atom stereocenters. The highest BCUT2D eigenvalue weighted by Gasteiger charge is 2.26. The molecule has 0 N–H and O–H groups in total. The summed E-state index contributed by atoms with van der Waals surface area (Å²) < 4.78 is 12.0. The highest BCUT2D eigenvalue weighted by Crippen LogP contribution is 2.37. The van der Waals surface area contributed by atoms with E-state index in [1.807, 2.05) is 31.2 Å². The summed E-state index contributed by atoms with van der Waals surface area (Å²) in [7, 11) is 0. The Morgan fingerprint density at radius 2 is 1.53 bits per heavy atom. The number of fused-ring (bicyclic) bond motifs is 3. The lowest BCUT2D eigenvalue weighted by molar-refractivity contribution is 0.364. The summed E-state index contributed by atoms with van der Waals surface area (Å²) in [5.74, 6) is 1.91. The van der Waals surface area contributed by atoms with Crippen LogP contribution in [0.15, 0.2) is 223 Å². The van der Waals surface area contributed by atoms with Crippen molar-refractivity contribution in [3.05, 3.63) is 247 Å². The van der Waals surface area contributed by atoms with Crippen LogP contribution in [0.4, 0.5) is 17.1 Å². The molecule has 0 saturated carbocycles. The van der Waals surface area contributed by atoms with E-state index in [9.17, 15) is 0 Å². The van der Waals surface area contributed by atoms with Gasteiger partial charge in [-0.1, -0.05) is 141 Å². The Kier molecular flexibility index (Phi) is 11.3. The summed E-state index contributed by atoms with van der Waals surface area (Å²) in [6.07, 6.45) is 27.3. The molecule has 9 rings (SSSR count). The maximum atomic E-state index is 6.11. The van der Waals surface area contributed by atoms with E-state index >= 15 is 0 Å². The fraction of sp³-hybridized carbons (Fsp3) is 0.103. The van der Waals surface area contributed by atoms with E-state index < -0.39 is 0 Å². The van der Waals surface area contributed by atoms with Gasteiger partial charge in [-0.3, -0.25) is 0 Å². The van der Waals surface area contributed by atoms with Gasteiger partial charge in [0.15, 0.2) is 0 Å². The number of hydrogen-bond donors (Lipinski definition) is 0. The Bertz CT molecular complexity index is 2980. The van der Waals surface area contributed by atoms with Gasteiger partial charge in [0.25, 0.3) is 0 Å². The number of benzene rings is 5. The number of rotatable bonds is 11. The predicted molar refractivity (Wildman–Crippen MR) is 262 cm³/mol. The first-order valence-corrected chi connectivity index (χ1v) is 21.3. The normalized spacial score (nSPS) is 17.5. The number of para-hydroxylation sites is 2. The van der Waals surface area contributed by atoms with E-state index in [-0.39, 0.29) is 17.9 Å². The van der Waals surface area contributed by atoms with Crippen LogP contribution in [0.2, 0.25) is 0 Å². The molecule has 0 saturated heterocycles. The molecular formula is C58H50N2O2. The van der Waals surface area contributed by atoms with Crippen molar-refractivity contribution in [1.82, 2.24) is 4.90 Å². The first-order chi connectivity index (χ1) is 30.3. The molecular weight excluding hydrogens is 757 g/mol. The monoisotopic (exact) mass is 806 g/mol. The molecule has 0 bridgehead atoms. The van der Waals surface area contributed by atoms with Crippen molar-refractivity contribution in [3.8, 4) is 0 Å². The van der Waals surface area contributed by atoms with Gasteiger partial charge in [-0.2, -0.15) is 0 Å². The number of furan rings is 2. The SMILES string of the molecule is C=Cc1oc2ccccc2c1C=CC1C=CC2C=C(c3ccc4oc(C)cc4c3)C=CC2N(C(=C)C=CC(=C)c2ccc(N(c3ccccc3)c3cccc(C)c3)cc2)C=CC1. The first kappa shape index (κ1) is 39.9. The van der Waals surface area contributed by atoms with E-state index in [1.165, 1.54) is 11.1 Å². The lowest BCUT2D eigenvalue weighted by Crippen LogP contribution is -2.34. The molecule has 4 heteroatoms. The van der Waals surface area contributed by atoms with Crippen LogP contribution in [0, 0.1) is 25.7 Å². The Morgan fingerprint density at radius 3 is 2.35 bits per heavy atom. The minimum atomic E-state index is 0.00866. The molecule has 0 fully saturated rings. The van der Waals surface area contributed by atoms with Gasteiger partial charge in [0, 0.05) is 51.2 Å². The summed E-state index contributed by atoms with van der Waals surface area (Å²) in [6, 6.07) is 44.4. The Labute approximate surface area is 365 Å². The molecule has 3 atom stereocenters. The molecule has 3 heterocycles. The van der Waals surface area contributed by atoms with Crippen LogP contribution in [-0.4, -0.2) is 10.9 Å². The fourth-order valence-corrected chi connectivity index (χ4v) is 8.52. The van der Waals surface area contributed by atoms with E-state index in [1.54, 1.807) is 6.08 Å². The second-order valence-corrected chi connectivity index (χ2v) is 16.1. The quantitative estimate of drug-likeness (QED) is 0.0963. The molecule has 0 radical (unpaired) electrons. The summed E-state index contributed by atoms with van der Waals surface area (Å²) in [5, 5.41) is 2.19. The number of hydrogen-bond acceptors (Lipinski definition) is 4. The second kappa shape index (κ2) is 17.6. The standard InChI is InChI=1S/C58H50N2O2/c1-6-56-54(53-19-10-11-20-58(53)62-56)32-24-44-15-13-35-59(55-33-28-46(38-48(55)25-23-44)47-29-34-57-49(39-47)37-43(5)61-57)42(4)22-21-41(3)45-26-30-51(31-27-45)60(50-16-8-7-9-17-50)52-18-12-14-40(2)36-52/h6-14,16-39,44,48,55H,1,3-4,15H2,2,5H3. The highest BCUT2D eigenvalue weighted by molar-refractivity contribution is 5.91. The smallest absolute Gasteiger partial charge is 0.135 e. The molecule has 4 nitrogen and oxygen atoms in total. The number of allylic oxidation sites excluding steroid dienone is 8. The molecule has 62 heavy (non-hydrogen) atoms. The van der Waals surface area contributed by atoms with Gasteiger partial charge in [-0.15, -0.1) is 0 Å². The molecule has 1 aliphatic heterocycles. The molecule has 0 spiro atoms. The topological polar surface area (TPSA) is 32.8 Å². The molecule has 5 aromatic carbocycles. The maximum Gasteiger partial charge on any atom is 0.135 e. The fourth-order valence-electron chi connectivity index (χ4n) is 8.52. The lowest BCUT2D eigenvalue weighted by atomic mass is 9.86. The van der Waals surface area contributed by atoms with E-state index in [2.05, 4.69) is 207 Å². The van der Waals surface area contributed by atoms with E-state index in [4.69, 9.17) is 8.83 Å². The number of nitrogens with zero attached hydrogens (tertiary/aromatic N) is 2. The third-order valence-corrected chi connectivity index (χ3v) is 11.7. The van der Waals surface area contributed by atoms with Gasteiger partial charge >= 0.3 is 0 Å². The van der Waals surface area contributed by atoms with Crippen LogP contribution in [0.25, 0.3) is 45.2 Å². The van der Waals surface area contributed by atoms with Crippen molar-refractivity contribution in [2.75, 3.05) is 4.90 Å². The number of anilines is 3. The predicted octanol–water partition coefficient (Wildman–Crippen LogP) is 15.7. The van der Waals surface area contributed by atoms with Crippen LogP contribution in [-0.2, 0) is 0 Å². The van der Waals surface area contributed by atoms with Gasteiger partial charge in [0.2, 0.25) is 0 Å². The molecule has 304 valence electrons. The van der Waals surface area contributed by atoms with Crippen LogP contribution in [0.5, 0.6) is 0 Å². The Balaban J connectivity index is 0.989. The zero-order valence-corrected chi connectivity index (χ0v) is 35.3. The van der Waals surface area contributed by atoms with Gasteiger partial charge in [0.1, 0.15) is 22.7 Å². The van der Waals surface area contributed by atoms with E-state index in [0.717, 1.165) is 84.9 Å². The summed E-state index contributed by atoms with van der Waals surface area (Å²) in [6.45, 7) is 17.2. The zero-order chi connectivity index (χ0) is 42.6. The van der Waals surface area contributed by atoms with Crippen molar-refractivity contribution < 1.29 is 8.83 Å². The summed E-state index contributed by atoms with van der Waals surface area (Å²) in [4.78, 5) is 4.57. The minimum absolute atomic E-state index is 0.00866. The number of aryl methyl sites for hydroxylation is 2. The molecule has 7 aromatic rings. The second-order valence-electron chi connectivity index (χ2n) is 16.1. The largest absolute Gasteiger partial charge is 0.461 e. The zero-order valence-electron chi connectivity index (χ0n) is 35.3. The minimum Gasteiger partial charge on any atom is -0.461 e. The van der Waals surface area contributed by atoms with Crippen LogP contribution in [0.1, 0.15) is 40.2 Å². The van der Waals surface area contributed by atoms with Gasteiger partial charge in [-0.25, -0.2) is 0 Å². The molecule has 1 aliphatic carbocycles. The van der Waals surface area contributed by atoms with Crippen molar-refractivity contribution >= 4 is 62.3 Å². The Morgan fingerprint density at radius 1 is 0.742 bits per heavy atom. The van der Waals surface area contributed by atoms with Crippen LogP contribution < -0.4 is 4.90 Å². The van der Waals surface area contributed by atoms with Crippen molar-refractivity contribution in [1.29, 1.82) is 0 Å². The van der Waals surface area contributed by atoms with Crippen molar-refractivity contribution in [2.45, 2.75) is 26.3 Å². The summed E-state index contributed by atoms with van der Waals surface area (Å²) >= 11 is 0. The van der Waals surface area contributed by atoms with Crippen molar-refractivity contribution in [2.24, 2.45) is 11.8 Å². The van der Waals surface area contributed by atoms with Crippen molar-refractivity contribution in [3.63, 3.8) is 0 Å². The average Bonchev–Trinajstić information content (AvgIpc) is 3.88. The first-order valence-electron chi connectivity index (χ1n) is 21.3. The summed E-state index contributed by atoms with van der Waals surface area (Å²) in [5.41, 5.74) is 12.5. The van der Waals surface area contributed by atoms with Gasteiger partial charge < -0.3 is 18.6 Å². The van der Waals surface area contributed by atoms with E-state index in [0.29, 0.717) is 0 Å². The molecule has 2 aromatic heterocycles. The van der Waals surface area contributed by atoms with Crippen LogP contribution in [0.3, 0.4) is 0 Å². The third-order valence-electron chi connectivity index (χ3n) is 11.7. The van der Waals surface area contributed by atoms with Gasteiger partial charge in [-0.05, 0) is 127 Å². The maximum absolute atomic E-state index is 6.11. The van der Waals surface area contributed by atoms with Crippen LogP contribution >= 0.6 is 0 Å². The van der Waals surface area contributed by atoms with Gasteiger partial charge in [0.05, 0.1) is 6.04 Å². The Hall–Kier alpha value is -7.56. The third kappa shape index (κ3) is 8.41. The molecule has 2 aliphatic rings. The average molecular weight is 807 g/mol. The highest BCUT2D eigenvalue weighted by atomic mass is 16.3. The lowest BCUT2D eigenvalue weighted by Gasteiger charge is -2.34. The molecule has 0 amide bonds.